The van der Waals surface area contributed by atoms with Crippen LogP contribution in [0.15, 0.2) is 30.3 Å². The highest BCUT2D eigenvalue weighted by molar-refractivity contribution is 6.09. The number of benzene rings is 1. The molecule has 1 saturated heterocycles. The summed E-state index contributed by atoms with van der Waals surface area (Å²) in [6, 6.07) is 8.21. The lowest BCUT2D eigenvalue weighted by molar-refractivity contribution is -0.137. The van der Waals surface area contributed by atoms with Gasteiger partial charge in [0.2, 0.25) is 5.91 Å². The monoisotopic (exact) mass is 333 g/mol. The van der Waals surface area contributed by atoms with Gasteiger partial charge in [0.05, 0.1) is 6.42 Å². The first-order valence-electron chi connectivity index (χ1n) is 7.59. The molecule has 2 rings (SSSR count). The highest BCUT2D eigenvalue weighted by Gasteiger charge is 2.51. The molecule has 128 valence electrons. The molecule has 8 nitrogen and oxygen atoms in total. The lowest BCUT2D eigenvalue weighted by atomic mass is 9.87. The summed E-state index contributed by atoms with van der Waals surface area (Å²) < 4.78 is 0. The number of carboxylic acids is 1. The molecule has 8 heteroatoms. The van der Waals surface area contributed by atoms with E-state index in [9.17, 15) is 19.2 Å². The van der Waals surface area contributed by atoms with Crippen LogP contribution in [0.2, 0.25) is 0 Å². The van der Waals surface area contributed by atoms with Crippen molar-refractivity contribution in [2.24, 2.45) is 0 Å². The van der Waals surface area contributed by atoms with E-state index >= 15 is 0 Å². The van der Waals surface area contributed by atoms with E-state index in [1.165, 1.54) is 0 Å². The van der Waals surface area contributed by atoms with Crippen LogP contribution in [0.25, 0.3) is 0 Å². The summed E-state index contributed by atoms with van der Waals surface area (Å²) >= 11 is 0. The molecule has 1 fully saturated rings. The first kappa shape index (κ1) is 17.5. The van der Waals surface area contributed by atoms with Gasteiger partial charge in [-0.3, -0.25) is 19.3 Å². The second kappa shape index (κ2) is 7.12. The van der Waals surface area contributed by atoms with Crippen LogP contribution in [0.5, 0.6) is 0 Å². The van der Waals surface area contributed by atoms with Gasteiger partial charge in [0.15, 0.2) is 0 Å². The largest absolute Gasteiger partial charge is 0.481 e. The first-order valence-corrected chi connectivity index (χ1v) is 7.59. The quantitative estimate of drug-likeness (QED) is 0.626. The van der Waals surface area contributed by atoms with Crippen molar-refractivity contribution in [2.45, 2.75) is 25.3 Å². The minimum atomic E-state index is -1.18. The Labute approximate surface area is 138 Å². The van der Waals surface area contributed by atoms with E-state index in [-0.39, 0.29) is 13.0 Å². The van der Waals surface area contributed by atoms with E-state index in [0.717, 1.165) is 4.90 Å². The number of rotatable bonds is 7. The Bertz CT molecular complexity index is 661. The molecule has 1 heterocycles. The molecule has 1 aromatic rings. The molecule has 1 aliphatic heterocycles. The Balaban J connectivity index is 2.11. The van der Waals surface area contributed by atoms with Crippen molar-refractivity contribution in [3.8, 4) is 0 Å². The Kier molecular flexibility index (Phi) is 5.18. The molecule has 0 radical (unpaired) electrons. The number of hydrogen-bond acceptors (Lipinski definition) is 4. The van der Waals surface area contributed by atoms with Gasteiger partial charge in [0, 0.05) is 6.54 Å². The van der Waals surface area contributed by atoms with Crippen LogP contribution in [0, 0.1) is 0 Å². The lowest BCUT2D eigenvalue weighted by Crippen LogP contribution is -2.45. The van der Waals surface area contributed by atoms with Crippen molar-refractivity contribution in [2.75, 3.05) is 13.1 Å². The average molecular weight is 333 g/mol. The maximum atomic E-state index is 12.8. The van der Waals surface area contributed by atoms with E-state index in [0.29, 0.717) is 12.0 Å². The van der Waals surface area contributed by atoms with Crippen LogP contribution < -0.4 is 10.6 Å². The molecule has 1 unspecified atom stereocenters. The molecule has 0 bridgehead atoms. The van der Waals surface area contributed by atoms with Crippen molar-refractivity contribution in [3.63, 3.8) is 0 Å². The fourth-order valence-corrected chi connectivity index (χ4v) is 2.64. The summed E-state index contributed by atoms with van der Waals surface area (Å²) in [7, 11) is 0. The highest BCUT2D eigenvalue weighted by Crippen LogP contribution is 2.32. The number of carbonyl (C=O) groups excluding carboxylic acids is 3. The van der Waals surface area contributed by atoms with E-state index in [4.69, 9.17) is 5.11 Å². The minimum Gasteiger partial charge on any atom is -0.481 e. The summed E-state index contributed by atoms with van der Waals surface area (Å²) in [5.74, 6) is -2.12. The Morgan fingerprint density at radius 2 is 1.92 bits per heavy atom. The second-order valence-electron chi connectivity index (χ2n) is 5.44. The molecule has 1 aliphatic rings. The van der Waals surface area contributed by atoms with Gasteiger partial charge in [-0.15, -0.1) is 0 Å². The van der Waals surface area contributed by atoms with E-state index in [1.54, 1.807) is 31.2 Å². The Morgan fingerprint density at radius 3 is 2.50 bits per heavy atom. The molecule has 3 N–H and O–H groups in total. The predicted molar refractivity (Wildman–Crippen MR) is 83.9 cm³/mol. The van der Waals surface area contributed by atoms with Crippen molar-refractivity contribution >= 4 is 23.8 Å². The smallest absolute Gasteiger partial charge is 0.325 e. The van der Waals surface area contributed by atoms with Crippen LogP contribution in [-0.2, 0) is 19.9 Å². The van der Waals surface area contributed by atoms with Crippen molar-refractivity contribution in [1.29, 1.82) is 0 Å². The molecular weight excluding hydrogens is 314 g/mol. The minimum absolute atomic E-state index is 0.0601. The van der Waals surface area contributed by atoms with Gasteiger partial charge in [0.1, 0.15) is 12.1 Å². The second-order valence-corrected chi connectivity index (χ2v) is 5.44. The SMILES string of the molecule is CCC1(c2ccccc2)NC(=O)N(CC(=O)NCCC(=O)O)C1=O. The van der Waals surface area contributed by atoms with Crippen molar-refractivity contribution in [3.05, 3.63) is 35.9 Å². The zero-order valence-electron chi connectivity index (χ0n) is 13.2. The highest BCUT2D eigenvalue weighted by atomic mass is 16.4. The van der Waals surface area contributed by atoms with Gasteiger partial charge in [0.25, 0.3) is 5.91 Å². The predicted octanol–water partition coefficient (Wildman–Crippen LogP) is 0.435. The van der Waals surface area contributed by atoms with Crippen molar-refractivity contribution < 1.29 is 24.3 Å². The van der Waals surface area contributed by atoms with Crippen molar-refractivity contribution in [1.82, 2.24) is 15.5 Å². The third-order valence-corrected chi connectivity index (χ3v) is 3.94. The number of nitrogens with one attached hydrogen (secondary N) is 2. The number of urea groups is 1. The van der Waals surface area contributed by atoms with Crippen LogP contribution >= 0.6 is 0 Å². The van der Waals surface area contributed by atoms with Gasteiger partial charge >= 0.3 is 12.0 Å². The van der Waals surface area contributed by atoms with Crippen LogP contribution in [0.1, 0.15) is 25.3 Å². The average Bonchev–Trinajstić information content (AvgIpc) is 2.80. The number of nitrogens with zero attached hydrogens (tertiary/aromatic N) is 1. The molecular formula is C16H19N3O5. The molecule has 24 heavy (non-hydrogen) atoms. The molecule has 0 spiro atoms. The number of carbonyl (C=O) groups is 4. The van der Waals surface area contributed by atoms with Crippen LogP contribution in [-0.4, -0.2) is 46.9 Å². The number of imide groups is 1. The summed E-state index contributed by atoms with van der Waals surface area (Å²) in [6.45, 7) is 1.27. The summed E-state index contributed by atoms with van der Waals surface area (Å²) in [4.78, 5) is 48.0. The number of carboxylic acid groups (broad SMARTS) is 1. The lowest BCUT2D eigenvalue weighted by Gasteiger charge is -2.25. The maximum absolute atomic E-state index is 12.8. The topological polar surface area (TPSA) is 116 Å². The van der Waals surface area contributed by atoms with E-state index in [2.05, 4.69) is 10.6 Å². The molecule has 0 aliphatic carbocycles. The van der Waals surface area contributed by atoms with Gasteiger partial charge < -0.3 is 15.7 Å². The van der Waals surface area contributed by atoms with Gasteiger partial charge in [-0.05, 0) is 12.0 Å². The maximum Gasteiger partial charge on any atom is 0.325 e. The summed E-state index contributed by atoms with van der Waals surface area (Å²) in [5, 5.41) is 13.6. The standard InChI is InChI=1S/C16H19N3O5/c1-2-16(11-6-4-3-5-7-11)14(23)19(15(24)18-16)10-12(20)17-9-8-13(21)22/h3-7H,2,8-10H2,1H3,(H,17,20)(H,18,24)(H,21,22). The molecule has 4 amide bonds. The van der Waals surface area contributed by atoms with Crippen LogP contribution in [0.4, 0.5) is 4.79 Å². The molecule has 0 saturated carbocycles. The molecule has 1 atom stereocenters. The third kappa shape index (κ3) is 3.37. The normalized spacial score (nSPS) is 20.0. The first-order chi connectivity index (χ1) is 11.4. The van der Waals surface area contributed by atoms with Gasteiger partial charge in [-0.2, -0.15) is 0 Å². The summed E-state index contributed by atoms with van der Waals surface area (Å²) in [6.07, 6.45) is 0.119. The zero-order valence-corrected chi connectivity index (χ0v) is 13.2. The third-order valence-electron chi connectivity index (χ3n) is 3.94. The fraction of sp³-hybridized carbons (Fsp3) is 0.375. The fourth-order valence-electron chi connectivity index (χ4n) is 2.64. The summed E-state index contributed by atoms with van der Waals surface area (Å²) in [5.41, 5.74) is -0.528. The van der Waals surface area contributed by atoms with Crippen LogP contribution in [0.3, 0.4) is 0 Å². The number of hydrogen-bond donors (Lipinski definition) is 3. The Hall–Kier alpha value is -2.90. The van der Waals surface area contributed by atoms with Gasteiger partial charge in [-0.25, -0.2) is 4.79 Å². The van der Waals surface area contributed by atoms with E-state index in [1.807, 2.05) is 6.07 Å². The number of aliphatic carboxylic acids is 1. The number of amides is 4. The zero-order chi connectivity index (χ0) is 17.7. The molecule has 0 aromatic heterocycles. The van der Waals surface area contributed by atoms with E-state index < -0.39 is 35.9 Å². The van der Waals surface area contributed by atoms with Gasteiger partial charge in [-0.1, -0.05) is 37.3 Å². The molecule has 1 aromatic carbocycles. The Morgan fingerprint density at radius 1 is 1.25 bits per heavy atom.